The molecule has 2 fully saturated rings. The van der Waals surface area contributed by atoms with Crippen LogP contribution >= 0.6 is 0 Å². The van der Waals surface area contributed by atoms with Gasteiger partial charge in [0.25, 0.3) is 5.91 Å². The van der Waals surface area contributed by atoms with Crippen molar-refractivity contribution in [2.45, 2.75) is 45.2 Å². The summed E-state index contributed by atoms with van der Waals surface area (Å²) in [6.45, 7) is 5.72. The number of nitrogens with zero attached hydrogens (tertiary/aromatic N) is 3. The third kappa shape index (κ3) is 5.07. The molecule has 3 amide bonds. The summed E-state index contributed by atoms with van der Waals surface area (Å²) in [5.74, 6) is 1.24. The Morgan fingerprint density at radius 2 is 1.77 bits per heavy atom. The van der Waals surface area contributed by atoms with E-state index in [0.29, 0.717) is 24.0 Å². The van der Waals surface area contributed by atoms with Gasteiger partial charge in [0.1, 0.15) is 5.76 Å². The number of carbonyl (C=O) groups excluding carboxylic acids is 2. The number of amides is 3. The molecule has 8 heteroatoms. The van der Waals surface area contributed by atoms with E-state index in [-0.39, 0.29) is 11.9 Å². The highest BCUT2D eigenvalue weighted by Crippen LogP contribution is 2.23. The van der Waals surface area contributed by atoms with Gasteiger partial charge < -0.3 is 20.0 Å². The Bertz CT molecular complexity index is 910. The highest BCUT2D eigenvalue weighted by molar-refractivity contribution is 5.94. The molecule has 4 rings (SSSR count). The number of nitrogens with one attached hydrogen (secondary N) is 2. The van der Waals surface area contributed by atoms with Crippen molar-refractivity contribution in [3.8, 4) is 11.5 Å². The maximum Gasteiger partial charge on any atom is 0.317 e. The Balaban J connectivity index is 1.32. The third-order valence-electron chi connectivity index (χ3n) is 6.23. The molecule has 1 saturated carbocycles. The van der Waals surface area contributed by atoms with Gasteiger partial charge in [-0.3, -0.25) is 9.69 Å². The predicted octanol–water partition coefficient (Wildman–Crippen LogP) is 2.78. The first-order valence-corrected chi connectivity index (χ1v) is 11.1. The molecule has 2 aliphatic rings. The zero-order valence-electron chi connectivity index (χ0n) is 18.3. The smallest absolute Gasteiger partial charge is 0.317 e. The molecule has 2 heterocycles. The average molecular weight is 426 g/mol. The van der Waals surface area contributed by atoms with Crippen LogP contribution in [-0.2, 0) is 6.54 Å². The van der Waals surface area contributed by atoms with Crippen LogP contribution in [0, 0.1) is 6.92 Å². The van der Waals surface area contributed by atoms with Gasteiger partial charge in [-0.05, 0) is 44.0 Å². The van der Waals surface area contributed by atoms with Crippen molar-refractivity contribution in [1.29, 1.82) is 0 Å². The summed E-state index contributed by atoms with van der Waals surface area (Å²) in [5, 5.41) is 5.79. The summed E-state index contributed by atoms with van der Waals surface area (Å²) in [7, 11) is 1.61. The molecule has 166 valence electrons. The number of rotatable bonds is 5. The molecular weight excluding hydrogens is 394 g/mol. The first-order valence-electron chi connectivity index (χ1n) is 11.1. The van der Waals surface area contributed by atoms with Crippen LogP contribution in [0.15, 0.2) is 28.7 Å². The molecule has 0 unspecified atom stereocenters. The lowest BCUT2D eigenvalue weighted by Crippen LogP contribution is -2.52. The number of hydrogen-bond acceptors (Lipinski definition) is 5. The van der Waals surface area contributed by atoms with E-state index in [4.69, 9.17) is 4.42 Å². The van der Waals surface area contributed by atoms with Crippen LogP contribution < -0.4 is 10.6 Å². The van der Waals surface area contributed by atoms with Crippen molar-refractivity contribution in [3.63, 3.8) is 0 Å². The minimum atomic E-state index is -0.119. The van der Waals surface area contributed by atoms with Gasteiger partial charge in [0.15, 0.2) is 0 Å². The van der Waals surface area contributed by atoms with Gasteiger partial charge in [0, 0.05) is 56.9 Å². The number of carbonyl (C=O) groups is 2. The summed E-state index contributed by atoms with van der Waals surface area (Å²) in [5.41, 5.74) is 2.36. The zero-order chi connectivity index (χ0) is 21.8. The molecule has 1 aromatic heterocycles. The van der Waals surface area contributed by atoms with E-state index in [1.807, 2.05) is 24.0 Å². The zero-order valence-corrected chi connectivity index (χ0v) is 18.3. The first kappa shape index (κ1) is 21.4. The van der Waals surface area contributed by atoms with Crippen molar-refractivity contribution in [1.82, 2.24) is 25.4 Å². The molecule has 31 heavy (non-hydrogen) atoms. The second-order valence-corrected chi connectivity index (χ2v) is 8.37. The number of oxazole rings is 1. The highest BCUT2D eigenvalue weighted by atomic mass is 16.4. The quantitative estimate of drug-likeness (QED) is 0.769. The highest BCUT2D eigenvalue weighted by Gasteiger charge is 2.25. The van der Waals surface area contributed by atoms with E-state index in [0.717, 1.165) is 56.0 Å². The largest absolute Gasteiger partial charge is 0.441 e. The first-order chi connectivity index (χ1) is 15.0. The molecule has 0 atom stereocenters. The fourth-order valence-electron chi connectivity index (χ4n) is 4.26. The van der Waals surface area contributed by atoms with Gasteiger partial charge >= 0.3 is 6.03 Å². The molecule has 0 spiro atoms. The normalized spacial score (nSPS) is 17.7. The molecule has 1 aliphatic heterocycles. The van der Waals surface area contributed by atoms with Crippen molar-refractivity contribution >= 4 is 11.9 Å². The molecule has 1 aromatic carbocycles. The SMILES string of the molecule is CNC(=O)c1ccc(-c2nc(CN3CCN(C(=O)NC4CCCC4)CC3)c(C)o2)cc1. The van der Waals surface area contributed by atoms with E-state index in [1.54, 1.807) is 19.2 Å². The van der Waals surface area contributed by atoms with Gasteiger partial charge in [-0.15, -0.1) is 0 Å². The van der Waals surface area contributed by atoms with E-state index in [2.05, 4.69) is 20.5 Å². The van der Waals surface area contributed by atoms with Gasteiger partial charge in [-0.1, -0.05) is 12.8 Å². The summed E-state index contributed by atoms with van der Waals surface area (Å²) >= 11 is 0. The molecule has 2 N–H and O–H groups in total. The maximum atomic E-state index is 12.5. The van der Waals surface area contributed by atoms with Crippen LogP contribution in [0.2, 0.25) is 0 Å². The van der Waals surface area contributed by atoms with Crippen molar-refractivity contribution in [2.75, 3.05) is 33.2 Å². The van der Waals surface area contributed by atoms with E-state index >= 15 is 0 Å². The number of urea groups is 1. The number of benzene rings is 1. The minimum absolute atomic E-state index is 0.0756. The Hall–Kier alpha value is -2.87. The molecular formula is C23H31N5O3. The summed E-state index contributed by atoms with van der Waals surface area (Å²) in [6, 6.07) is 7.66. The van der Waals surface area contributed by atoms with Crippen LogP contribution in [0.5, 0.6) is 0 Å². The molecule has 0 radical (unpaired) electrons. The standard InChI is InChI=1S/C23H31N5O3/c1-16-20(26-22(31-16)18-9-7-17(8-10-18)21(29)24-2)15-27-11-13-28(14-12-27)23(30)25-19-5-3-4-6-19/h7-10,19H,3-6,11-15H2,1-2H3,(H,24,29)(H,25,30). The minimum Gasteiger partial charge on any atom is -0.441 e. The van der Waals surface area contributed by atoms with E-state index < -0.39 is 0 Å². The summed E-state index contributed by atoms with van der Waals surface area (Å²) in [4.78, 5) is 33.1. The third-order valence-corrected chi connectivity index (χ3v) is 6.23. The Kier molecular flexibility index (Phi) is 6.56. The van der Waals surface area contributed by atoms with Crippen LogP contribution in [0.25, 0.3) is 11.5 Å². The fraction of sp³-hybridized carbons (Fsp3) is 0.522. The fourth-order valence-corrected chi connectivity index (χ4v) is 4.26. The van der Waals surface area contributed by atoms with Crippen LogP contribution in [0.4, 0.5) is 4.79 Å². The van der Waals surface area contributed by atoms with E-state index in [1.165, 1.54) is 12.8 Å². The Morgan fingerprint density at radius 1 is 1.10 bits per heavy atom. The van der Waals surface area contributed by atoms with Gasteiger partial charge in [0.2, 0.25) is 5.89 Å². The second kappa shape index (κ2) is 9.51. The van der Waals surface area contributed by atoms with Crippen molar-refractivity contribution in [3.05, 3.63) is 41.3 Å². The predicted molar refractivity (Wildman–Crippen MR) is 118 cm³/mol. The number of aromatic nitrogens is 1. The second-order valence-electron chi connectivity index (χ2n) is 8.37. The topological polar surface area (TPSA) is 90.7 Å². The molecule has 1 aliphatic carbocycles. The lowest BCUT2D eigenvalue weighted by atomic mass is 10.1. The Labute approximate surface area is 183 Å². The molecule has 8 nitrogen and oxygen atoms in total. The molecule has 2 aromatic rings. The van der Waals surface area contributed by atoms with Gasteiger partial charge in [-0.25, -0.2) is 9.78 Å². The van der Waals surface area contributed by atoms with E-state index in [9.17, 15) is 9.59 Å². The van der Waals surface area contributed by atoms with Crippen LogP contribution in [0.3, 0.4) is 0 Å². The number of piperazine rings is 1. The lowest BCUT2D eigenvalue weighted by Gasteiger charge is -2.35. The molecule has 0 bridgehead atoms. The number of aryl methyl sites for hydroxylation is 1. The van der Waals surface area contributed by atoms with Gasteiger partial charge in [-0.2, -0.15) is 0 Å². The molecule has 1 saturated heterocycles. The number of hydrogen-bond donors (Lipinski definition) is 2. The average Bonchev–Trinajstić information content (AvgIpc) is 3.43. The van der Waals surface area contributed by atoms with Gasteiger partial charge in [0.05, 0.1) is 5.69 Å². The summed E-state index contributed by atoms with van der Waals surface area (Å²) < 4.78 is 5.89. The Morgan fingerprint density at radius 3 is 2.42 bits per heavy atom. The van der Waals surface area contributed by atoms with Crippen molar-refractivity contribution < 1.29 is 14.0 Å². The summed E-state index contributed by atoms with van der Waals surface area (Å²) in [6.07, 6.45) is 4.65. The van der Waals surface area contributed by atoms with Crippen LogP contribution in [0.1, 0.15) is 47.5 Å². The lowest BCUT2D eigenvalue weighted by molar-refractivity contribution is 0.0963. The van der Waals surface area contributed by atoms with Crippen LogP contribution in [-0.4, -0.2) is 66.0 Å². The van der Waals surface area contributed by atoms with Crippen molar-refractivity contribution in [2.24, 2.45) is 0 Å². The maximum absolute atomic E-state index is 12.5. The monoisotopic (exact) mass is 425 g/mol.